The van der Waals surface area contributed by atoms with E-state index in [9.17, 15) is 4.79 Å². The van der Waals surface area contributed by atoms with Gasteiger partial charge < -0.3 is 5.32 Å². The Morgan fingerprint density at radius 1 is 1.31 bits per heavy atom. The maximum atomic E-state index is 11.8. The second-order valence-corrected chi connectivity index (χ2v) is 5.07. The molecule has 16 heavy (non-hydrogen) atoms. The lowest BCUT2D eigenvalue weighted by Gasteiger charge is -2.27. The highest BCUT2D eigenvalue weighted by atomic mass is 16.7. The largest absolute Gasteiger partial charge is 0.314 e. The highest BCUT2D eigenvalue weighted by Gasteiger charge is 2.26. The molecule has 1 saturated heterocycles. The van der Waals surface area contributed by atoms with Gasteiger partial charge >= 0.3 is 0 Å². The fraction of sp³-hybridized carbons (Fsp3) is 0.917. The Balaban J connectivity index is 1.70. The van der Waals surface area contributed by atoms with Gasteiger partial charge in [0, 0.05) is 12.0 Å². The lowest BCUT2D eigenvalue weighted by atomic mass is 9.93. The molecular weight excluding hydrogens is 204 g/mol. The minimum Gasteiger partial charge on any atom is -0.314 e. The average molecular weight is 226 g/mol. The Morgan fingerprint density at radius 2 is 2.06 bits per heavy atom. The number of hydroxylamine groups is 1. The molecule has 1 amide bonds. The SMILES string of the molecule is CC1CC(C(=O)NOC2CCCC2)CCN1. The number of carbonyl (C=O) groups excluding carboxylic acids is 1. The van der Waals surface area contributed by atoms with Gasteiger partial charge in [-0.2, -0.15) is 0 Å². The van der Waals surface area contributed by atoms with Crippen molar-refractivity contribution >= 4 is 5.91 Å². The molecule has 0 bridgehead atoms. The Morgan fingerprint density at radius 3 is 2.75 bits per heavy atom. The van der Waals surface area contributed by atoms with E-state index < -0.39 is 0 Å². The molecule has 2 N–H and O–H groups in total. The minimum absolute atomic E-state index is 0.0697. The first kappa shape index (κ1) is 11.9. The van der Waals surface area contributed by atoms with Gasteiger partial charge in [-0.3, -0.25) is 9.63 Å². The van der Waals surface area contributed by atoms with Gasteiger partial charge in [-0.1, -0.05) is 12.8 Å². The molecule has 4 nitrogen and oxygen atoms in total. The van der Waals surface area contributed by atoms with Gasteiger partial charge in [-0.15, -0.1) is 0 Å². The van der Waals surface area contributed by atoms with Crippen LogP contribution in [-0.2, 0) is 9.63 Å². The predicted octanol–water partition coefficient (Wildman–Crippen LogP) is 1.36. The monoisotopic (exact) mass is 226 g/mol. The lowest BCUT2D eigenvalue weighted by Crippen LogP contribution is -2.43. The first-order chi connectivity index (χ1) is 7.75. The molecule has 92 valence electrons. The van der Waals surface area contributed by atoms with E-state index in [2.05, 4.69) is 17.7 Å². The predicted molar refractivity (Wildman–Crippen MR) is 61.7 cm³/mol. The molecule has 0 spiro atoms. The summed E-state index contributed by atoms with van der Waals surface area (Å²) in [4.78, 5) is 17.3. The molecule has 1 saturated carbocycles. The van der Waals surface area contributed by atoms with Crippen LogP contribution in [0.4, 0.5) is 0 Å². The van der Waals surface area contributed by atoms with Crippen molar-refractivity contribution in [2.75, 3.05) is 6.54 Å². The summed E-state index contributed by atoms with van der Waals surface area (Å²) >= 11 is 0. The van der Waals surface area contributed by atoms with Crippen LogP contribution in [0.25, 0.3) is 0 Å². The third kappa shape index (κ3) is 3.19. The first-order valence-corrected chi connectivity index (χ1v) is 6.44. The van der Waals surface area contributed by atoms with Gasteiger partial charge in [0.25, 0.3) is 0 Å². The summed E-state index contributed by atoms with van der Waals surface area (Å²) in [6.07, 6.45) is 6.72. The van der Waals surface area contributed by atoms with Gasteiger partial charge in [-0.05, 0) is 39.2 Å². The van der Waals surface area contributed by atoms with Crippen molar-refractivity contribution in [1.82, 2.24) is 10.8 Å². The molecule has 1 aliphatic heterocycles. The average Bonchev–Trinajstić information content (AvgIpc) is 2.78. The van der Waals surface area contributed by atoms with Crippen molar-refractivity contribution in [2.24, 2.45) is 5.92 Å². The number of amides is 1. The molecule has 2 fully saturated rings. The fourth-order valence-corrected chi connectivity index (χ4v) is 2.60. The van der Waals surface area contributed by atoms with Crippen molar-refractivity contribution in [1.29, 1.82) is 0 Å². The van der Waals surface area contributed by atoms with Crippen LogP contribution in [0.3, 0.4) is 0 Å². The number of nitrogens with one attached hydrogen (secondary N) is 2. The summed E-state index contributed by atoms with van der Waals surface area (Å²) in [5.74, 6) is 0.193. The van der Waals surface area contributed by atoms with Gasteiger partial charge in [0.05, 0.1) is 6.10 Å². The van der Waals surface area contributed by atoms with E-state index in [-0.39, 0.29) is 17.9 Å². The highest BCUT2D eigenvalue weighted by molar-refractivity contribution is 5.77. The molecule has 2 unspecified atom stereocenters. The van der Waals surface area contributed by atoms with Crippen LogP contribution in [0.2, 0.25) is 0 Å². The maximum absolute atomic E-state index is 11.8. The number of piperidine rings is 1. The molecule has 0 radical (unpaired) electrons. The molecule has 1 heterocycles. The second kappa shape index (κ2) is 5.64. The molecule has 0 aromatic rings. The quantitative estimate of drug-likeness (QED) is 0.714. The van der Waals surface area contributed by atoms with Crippen molar-refractivity contribution in [3.63, 3.8) is 0 Å². The summed E-state index contributed by atoms with van der Waals surface area (Å²) in [6, 6.07) is 0.441. The van der Waals surface area contributed by atoms with E-state index in [1.54, 1.807) is 0 Å². The van der Waals surface area contributed by atoms with Crippen molar-refractivity contribution in [2.45, 2.75) is 57.6 Å². The zero-order valence-electron chi connectivity index (χ0n) is 10.00. The van der Waals surface area contributed by atoms with Crippen LogP contribution in [-0.4, -0.2) is 24.6 Å². The third-order valence-electron chi connectivity index (χ3n) is 3.62. The maximum Gasteiger partial charge on any atom is 0.246 e. The van der Waals surface area contributed by atoms with Crippen LogP contribution in [0, 0.1) is 5.92 Å². The lowest BCUT2D eigenvalue weighted by molar-refractivity contribution is -0.143. The van der Waals surface area contributed by atoms with Crippen molar-refractivity contribution < 1.29 is 9.63 Å². The summed E-state index contributed by atoms with van der Waals surface area (Å²) in [6.45, 7) is 3.06. The number of hydrogen-bond donors (Lipinski definition) is 2. The van der Waals surface area contributed by atoms with Gasteiger partial charge in [0.15, 0.2) is 0 Å². The van der Waals surface area contributed by atoms with Crippen LogP contribution in [0.5, 0.6) is 0 Å². The Labute approximate surface area is 97.1 Å². The van der Waals surface area contributed by atoms with E-state index in [0.717, 1.165) is 32.2 Å². The highest BCUT2D eigenvalue weighted by Crippen LogP contribution is 2.21. The van der Waals surface area contributed by atoms with E-state index in [4.69, 9.17) is 4.84 Å². The van der Waals surface area contributed by atoms with E-state index in [0.29, 0.717) is 6.04 Å². The number of carbonyl (C=O) groups is 1. The molecule has 1 aliphatic carbocycles. The summed E-state index contributed by atoms with van der Waals surface area (Å²) in [5.41, 5.74) is 2.65. The van der Waals surface area contributed by atoms with E-state index in [1.165, 1.54) is 12.8 Å². The van der Waals surface area contributed by atoms with Crippen LogP contribution in [0.1, 0.15) is 45.4 Å². The third-order valence-corrected chi connectivity index (χ3v) is 3.62. The Kier molecular flexibility index (Phi) is 4.18. The molecule has 2 rings (SSSR count). The van der Waals surface area contributed by atoms with E-state index >= 15 is 0 Å². The Hall–Kier alpha value is -0.610. The zero-order chi connectivity index (χ0) is 11.4. The van der Waals surface area contributed by atoms with Crippen molar-refractivity contribution in [3.05, 3.63) is 0 Å². The summed E-state index contributed by atoms with van der Waals surface area (Å²) in [7, 11) is 0. The second-order valence-electron chi connectivity index (χ2n) is 5.07. The summed E-state index contributed by atoms with van der Waals surface area (Å²) in [5, 5.41) is 3.34. The molecule has 0 aromatic heterocycles. The zero-order valence-corrected chi connectivity index (χ0v) is 10.00. The van der Waals surface area contributed by atoms with Crippen LogP contribution >= 0.6 is 0 Å². The summed E-state index contributed by atoms with van der Waals surface area (Å²) < 4.78 is 0. The number of rotatable bonds is 3. The smallest absolute Gasteiger partial charge is 0.246 e. The minimum atomic E-state index is 0.0697. The molecule has 2 aliphatic rings. The standard InChI is InChI=1S/C12H22N2O2/c1-9-8-10(6-7-13-9)12(15)14-16-11-4-2-3-5-11/h9-11,13H,2-8H2,1H3,(H,14,15). The molecular formula is C12H22N2O2. The Bertz CT molecular complexity index is 239. The van der Waals surface area contributed by atoms with Gasteiger partial charge in [-0.25, -0.2) is 5.48 Å². The van der Waals surface area contributed by atoms with Crippen LogP contribution in [0.15, 0.2) is 0 Å². The number of hydrogen-bond acceptors (Lipinski definition) is 3. The van der Waals surface area contributed by atoms with E-state index in [1.807, 2.05) is 0 Å². The molecule has 0 aromatic carbocycles. The first-order valence-electron chi connectivity index (χ1n) is 6.44. The fourth-order valence-electron chi connectivity index (χ4n) is 2.60. The van der Waals surface area contributed by atoms with Crippen molar-refractivity contribution in [3.8, 4) is 0 Å². The van der Waals surface area contributed by atoms with Gasteiger partial charge in [0.2, 0.25) is 5.91 Å². The molecule has 2 atom stereocenters. The molecule has 4 heteroatoms. The normalized spacial score (nSPS) is 31.6. The topological polar surface area (TPSA) is 50.4 Å². The van der Waals surface area contributed by atoms with Crippen LogP contribution < -0.4 is 10.8 Å². The van der Waals surface area contributed by atoms with Gasteiger partial charge in [0.1, 0.15) is 0 Å².